The Morgan fingerprint density at radius 2 is 2.17 bits per heavy atom. The van der Waals surface area contributed by atoms with E-state index < -0.39 is 0 Å². The molecule has 1 N–H and O–H groups in total. The summed E-state index contributed by atoms with van der Waals surface area (Å²) in [4.78, 5) is 12.3. The lowest BCUT2D eigenvalue weighted by atomic mass is 10.1. The number of aryl methyl sites for hydroxylation is 1. The van der Waals surface area contributed by atoms with Crippen molar-refractivity contribution >= 4 is 5.91 Å². The van der Waals surface area contributed by atoms with E-state index in [2.05, 4.69) is 17.0 Å². The van der Waals surface area contributed by atoms with Crippen molar-refractivity contribution in [2.24, 2.45) is 7.05 Å². The van der Waals surface area contributed by atoms with Crippen LogP contribution in [-0.4, -0.2) is 35.4 Å². The van der Waals surface area contributed by atoms with Crippen LogP contribution in [-0.2, 0) is 7.05 Å². The van der Waals surface area contributed by atoms with Crippen molar-refractivity contribution < 1.29 is 14.3 Å². The van der Waals surface area contributed by atoms with Crippen LogP contribution in [0.5, 0.6) is 11.5 Å². The number of hydrogen-bond acceptors (Lipinski definition) is 4. The lowest BCUT2D eigenvalue weighted by molar-refractivity contribution is 0.0958. The Labute approximate surface area is 134 Å². The molecule has 0 bridgehead atoms. The molecule has 2 aromatic rings. The second kappa shape index (κ2) is 6.56. The highest BCUT2D eigenvalue weighted by Crippen LogP contribution is 2.34. The molecule has 6 nitrogen and oxygen atoms in total. The van der Waals surface area contributed by atoms with Crippen molar-refractivity contribution in [2.75, 3.05) is 19.8 Å². The van der Waals surface area contributed by atoms with Crippen LogP contribution in [0.2, 0.25) is 0 Å². The minimum Gasteiger partial charge on any atom is -0.490 e. The predicted octanol–water partition coefficient (Wildman–Crippen LogP) is 2.16. The molecule has 0 aliphatic carbocycles. The van der Waals surface area contributed by atoms with Gasteiger partial charge in [0.1, 0.15) is 5.69 Å². The predicted molar refractivity (Wildman–Crippen MR) is 86.8 cm³/mol. The summed E-state index contributed by atoms with van der Waals surface area (Å²) in [6.07, 6.45) is 4.20. The molecule has 6 heteroatoms. The van der Waals surface area contributed by atoms with E-state index in [4.69, 9.17) is 9.47 Å². The zero-order chi connectivity index (χ0) is 16.2. The molecule has 1 amide bonds. The van der Waals surface area contributed by atoms with Crippen molar-refractivity contribution in [3.05, 3.63) is 42.6 Å². The van der Waals surface area contributed by atoms with Crippen LogP contribution in [0.15, 0.2) is 37.1 Å². The van der Waals surface area contributed by atoms with E-state index in [9.17, 15) is 4.79 Å². The number of nitrogens with one attached hydrogen (secondary N) is 1. The molecule has 1 aliphatic heterocycles. The molecule has 2 heterocycles. The van der Waals surface area contributed by atoms with Crippen LogP contribution in [0.25, 0.3) is 11.3 Å². The summed E-state index contributed by atoms with van der Waals surface area (Å²) in [5, 5.41) is 7.19. The lowest BCUT2D eigenvalue weighted by Gasteiger charge is -2.09. The molecule has 0 saturated heterocycles. The number of ether oxygens (including phenoxy) is 2. The molecule has 0 fully saturated rings. The third kappa shape index (κ3) is 3.21. The molecule has 3 rings (SSSR count). The average molecular weight is 313 g/mol. The standard InChI is InChI=1S/C17H19N3O3/c1-3-7-18-17(21)13-11-20(2)19-16(13)12-5-6-14-15(10-12)23-9-4-8-22-14/h3,5-6,10-11H,1,4,7-9H2,2H3,(H,18,21). The first-order valence-corrected chi connectivity index (χ1v) is 7.52. The van der Waals surface area contributed by atoms with Crippen LogP contribution in [0, 0.1) is 0 Å². The summed E-state index contributed by atoms with van der Waals surface area (Å²) in [5.74, 6) is 1.23. The quantitative estimate of drug-likeness (QED) is 0.879. The second-order valence-electron chi connectivity index (χ2n) is 5.28. The number of hydrogen-bond donors (Lipinski definition) is 1. The highest BCUT2D eigenvalue weighted by atomic mass is 16.5. The van der Waals surface area contributed by atoms with Gasteiger partial charge in [-0.25, -0.2) is 0 Å². The van der Waals surface area contributed by atoms with Crippen LogP contribution < -0.4 is 14.8 Å². The molecule has 0 radical (unpaired) electrons. The summed E-state index contributed by atoms with van der Waals surface area (Å²) >= 11 is 0. The fraction of sp³-hybridized carbons (Fsp3) is 0.294. The molecule has 0 saturated carbocycles. The second-order valence-corrected chi connectivity index (χ2v) is 5.28. The first kappa shape index (κ1) is 15.1. The van der Waals surface area contributed by atoms with Gasteiger partial charge in [-0.2, -0.15) is 5.10 Å². The van der Waals surface area contributed by atoms with Crippen LogP contribution in [0.1, 0.15) is 16.8 Å². The van der Waals surface area contributed by atoms with Crippen molar-refractivity contribution in [2.45, 2.75) is 6.42 Å². The third-order valence-electron chi connectivity index (χ3n) is 3.50. The number of nitrogens with zero attached hydrogens (tertiary/aromatic N) is 2. The fourth-order valence-electron chi connectivity index (χ4n) is 2.44. The third-order valence-corrected chi connectivity index (χ3v) is 3.50. The molecular weight excluding hydrogens is 294 g/mol. The van der Waals surface area contributed by atoms with E-state index in [0.717, 1.165) is 17.7 Å². The minimum atomic E-state index is -0.180. The van der Waals surface area contributed by atoms with Gasteiger partial charge in [-0.1, -0.05) is 6.08 Å². The Bertz CT molecular complexity index is 737. The van der Waals surface area contributed by atoms with Gasteiger partial charge in [-0.05, 0) is 18.2 Å². The molecular formula is C17H19N3O3. The minimum absolute atomic E-state index is 0.180. The summed E-state index contributed by atoms with van der Waals surface area (Å²) in [7, 11) is 1.79. The summed E-state index contributed by atoms with van der Waals surface area (Å²) in [6, 6.07) is 5.61. The summed E-state index contributed by atoms with van der Waals surface area (Å²) in [5.41, 5.74) is 1.95. The van der Waals surface area contributed by atoms with Gasteiger partial charge in [0.15, 0.2) is 11.5 Å². The first-order valence-electron chi connectivity index (χ1n) is 7.52. The molecule has 0 unspecified atom stereocenters. The number of fused-ring (bicyclic) bond motifs is 1. The van der Waals surface area contributed by atoms with Gasteiger partial charge >= 0.3 is 0 Å². The van der Waals surface area contributed by atoms with Gasteiger partial charge in [-0.3, -0.25) is 9.48 Å². The van der Waals surface area contributed by atoms with Gasteiger partial charge in [-0.15, -0.1) is 6.58 Å². The maximum absolute atomic E-state index is 12.3. The molecule has 23 heavy (non-hydrogen) atoms. The smallest absolute Gasteiger partial charge is 0.255 e. The molecule has 1 aromatic carbocycles. The van der Waals surface area contributed by atoms with E-state index in [1.807, 2.05) is 18.2 Å². The van der Waals surface area contributed by atoms with E-state index in [-0.39, 0.29) is 5.91 Å². The highest BCUT2D eigenvalue weighted by molar-refractivity contribution is 6.00. The zero-order valence-corrected chi connectivity index (χ0v) is 13.0. The number of rotatable bonds is 4. The monoisotopic (exact) mass is 313 g/mol. The number of benzene rings is 1. The summed E-state index contributed by atoms with van der Waals surface area (Å²) < 4.78 is 13.0. The topological polar surface area (TPSA) is 65.4 Å². The Morgan fingerprint density at radius 1 is 1.39 bits per heavy atom. The molecule has 0 atom stereocenters. The Morgan fingerprint density at radius 3 is 2.96 bits per heavy atom. The zero-order valence-electron chi connectivity index (χ0n) is 13.0. The van der Waals surface area contributed by atoms with Gasteiger partial charge in [0.25, 0.3) is 5.91 Å². The Balaban J connectivity index is 1.97. The average Bonchev–Trinajstić information content (AvgIpc) is 2.80. The van der Waals surface area contributed by atoms with Crippen LogP contribution in [0.3, 0.4) is 0 Å². The number of carbonyl (C=O) groups excluding carboxylic acids is 1. The van der Waals surface area contributed by atoms with Gasteiger partial charge < -0.3 is 14.8 Å². The summed E-state index contributed by atoms with van der Waals surface area (Å²) in [6.45, 7) is 5.27. The maximum atomic E-state index is 12.3. The van der Waals surface area contributed by atoms with E-state index >= 15 is 0 Å². The van der Waals surface area contributed by atoms with Gasteiger partial charge in [0.05, 0.1) is 18.8 Å². The van der Waals surface area contributed by atoms with Gasteiger partial charge in [0.2, 0.25) is 0 Å². The lowest BCUT2D eigenvalue weighted by Crippen LogP contribution is -2.23. The molecule has 0 spiro atoms. The van der Waals surface area contributed by atoms with E-state index in [0.29, 0.717) is 36.8 Å². The van der Waals surface area contributed by atoms with Crippen molar-refractivity contribution in [3.63, 3.8) is 0 Å². The van der Waals surface area contributed by atoms with Gasteiger partial charge in [0, 0.05) is 31.8 Å². The Kier molecular flexibility index (Phi) is 4.32. The maximum Gasteiger partial charge on any atom is 0.255 e. The normalized spacial score (nSPS) is 13.3. The van der Waals surface area contributed by atoms with Crippen molar-refractivity contribution in [3.8, 4) is 22.8 Å². The largest absolute Gasteiger partial charge is 0.490 e. The number of amides is 1. The Hall–Kier alpha value is -2.76. The van der Waals surface area contributed by atoms with Crippen LogP contribution in [0.4, 0.5) is 0 Å². The van der Waals surface area contributed by atoms with E-state index in [1.54, 1.807) is 24.0 Å². The van der Waals surface area contributed by atoms with Crippen molar-refractivity contribution in [1.29, 1.82) is 0 Å². The van der Waals surface area contributed by atoms with Crippen LogP contribution >= 0.6 is 0 Å². The SMILES string of the molecule is C=CCNC(=O)c1cn(C)nc1-c1ccc2c(c1)OCCCO2. The van der Waals surface area contributed by atoms with Crippen molar-refractivity contribution in [1.82, 2.24) is 15.1 Å². The molecule has 1 aromatic heterocycles. The molecule has 120 valence electrons. The fourth-order valence-corrected chi connectivity index (χ4v) is 2.44. The molecule has 1 aliphatic rings. The number of carbonyl (C=O) groups is 1. The number of aromatic nitrogens is 2. The highest BCUT2D eigenvalue weighted by Gasteiger charge is 2.19. The van der Waals surface area contributed by atoms with E-state index in [1.165, 1.54) is 0 Å². The first-order chi connectivity index (χ1) is 11.2.